The summed E-state index contributed by atoms with van der Waals surface area (Å²) in [6.45, 7) is 6.16. The molecule has 0 spiro atoms. The molecule has 1 fully saturated rings. The van der Waals surface area contributed by atoms with Gasteiger partial charge in [-0.15, -0.1) is 22.7 Å². The fraction of sp³-hybridized carbons (Fsp3) is 0.647. The number of hydrogen-bond donors (Lipinski definition) is 0. The SMILES string of the molecule is CCCCC1COC(c2cc3cc(CCC)sc3s2)OC1. The lowest BCUT2D eigenvalue weighted by Gasteiger charge is -2.28. The first-order valence-electron chi connectivity index (χ1n) is 8.05. The number of fused-ring (bicyclic) bond motifs is 1. The van der Waals surface area contributed by atoms with Crippen LogP contribution in [0.4, 0.5) is 0 Å². The fourth-order valence-corrected chi connectivity index (χ4v) is 5.37. The average Bonchev–Trinajstić information content (AvgIpc) is 3.04. The molecule has 3 heterocycles. The summed E-state index contributed by atoms with van der Waals surface area (Å²) in [7, 11) is 0. The molecule has 2 aromatic heterocycles. The van der Waals surface area contributed by atoms with E-state index < -0.39 is 0 Å². The van der Waals surface area contributed by atoms with Gasteiger partial charge in [0.05, 0.1) is 22.1 Å². The molecule has 116 valence electrons. The zero-order valence-corrected chi connectivity index (χ0v) is 14.5. The van der Waals surface area contributed by atoms with Crippen molar-refractivity contribution in [3.8, 4) is 0 Å². The van der Waals surface area contributed by atoms with Crippen LogP contribution < -0.4 is 0 Å². The Balaban J connectivity index is 1.61. The van der Waals surface area contributed by atoms with E-state index in [1.807, 2.05) is 22.7 Å². The van der Waals surface area contributed by atoms with Crippen LogP contribution in [0.2, 0.25) is 0 Å². The molecule has 0 bridgehead atoms. The van der Waals surface area contributed by atoms with E-state index in [-0.39, 0.29) is 6.29 Å². The average molecular weight is 325 g/mol. The molecule has 1 saturated heterocycles. The van der Waals surface area contributed by atoms with Gasteiger partial charge < -0.3 is 9.47 Å². The molecule has 0 saturated carbocycles. The Kier molecular flexibility index (Phi) is 5.33. The Morgan fingerprint density at radius 1 is 1.10 bits per heavy atom. The maximum Gasteiger partial charge on any atom is 0.193 e. The molecule has 0 unspecified atom stereocenters. The van der Waals surface area contributed by atoms with Crippen LogP contribution in [0.3, 0.4) is 0 Å². The summed E-state index contributed by atoms with van der Waals surface area (Å²) >= 11 is 3.76. The summed E-state index contributed by atoms with van der Waals surface area (Å²) < 4.78 is 13.3. The third-order valence-corrected chi connectivity index (χ3v) is 6.42. The number of thiophene rings is 2. The third kappa shape index (κ3) is 3.67. The van der Waals surface area contributed by atoms with Crippen molar-refractivity contribution in [3.63, 3.8) is 0 Å². The van der Waals surface area contributed by atoms with Crippen molar-refractivity contribution in [3.05, 3.63) is 21.9 Å². The zero-order chi connectivity index (χ0) is 14.7. The predicted molar refractivity (Wildman–Crippen MR) is 91.4 cm³/mol. The minimum absolute atomic E-state index is 0.137. The number of rotatable bonds is 6. The second kappa shape index (κ2) is 7.23. The van der Waals surface area contributed by atoms with Gasteiger partial charge in [0.1, 0.15) is 0 Å². The zero-order valence-electron chi connectivity index (χ0n) is 12.9. The lowest BCUT2D eigenvalue weighted by molar-refractivity contribution is -0.204. The highest BCUT2D eigenvalue weighted by Gasteiger charge is 2.25. The van der Waals surface area contributed by atoms with Crippen LogP contribution >= 0.6 is 22.7 Å². The van der Waals surface area contributed by atoms with E-state index in [9.17, 15) is 0 Å². The predicted octanol–water partition coefficient (Wildman–Crippen LogP) is 5.77. The van der Waals surface area contributed by atoms with Crippen LogP contribution in [0.25, 0.3) is 9.40 Å². The lowest BCUT2D eigenvalue weighted by atomic mass is 10.0. The van der Waals surface area contributed by atoms with Gasteiger partial charge in [0.15, 0.2) is 6.29 Å². The summed E-state index contributed by atoms with van der Waals surface area (Å²) in [4.78, 5) is 2.73. The third-order valence-electron chi connectivity index (χ3n) is 3.95. The van der Waals surface area contributed by atoms with Gasteiger partial charge in [0, 0.05) is 16.2 Å². The summed E-state index contributed by atoms with van der Waals surface area (Å²) in [5, 5.41) is 1.36. The number of hydrogen-bond acceptors (Lipinski definition) is 4. The molecule has 0 aliphatic carbocycles. The standard InChI is InChI=1S/C17H24O2S2/c1-3-5-7-12-10-18-16(19-11-12)15-9-13-8-14(6-4-2)20-17(13)21-15/h8-9,12,16H,3-7,10-11H2,1-2H3. The van der Waals surface area contributed by atoms with E-state index in [4.69, 9.17) is 9.47 Å². The van der Waals surface area contributed by atoms with Gasteiger partial charge in [0.25, 0.3) is 0 Å². The van der Waals surface area contributed by atoms with Crippen molar-refractivity contribution in [1.82, 2.24) is 0 Å². The first-order chi connectivity index (χ1) is 10.3. The Bertz CT molecular complexity index is 533. The van der Waals surface area contributed by atoms with E-state index in [0.717, 1.165) is 13.2 Å². The molecule has 0 atom stereocenters. The van der Waals surface area contributed by atoms with Gasteiger partial charge in [-0.05, 0) is 25.0 Å². The molecule has 0 amide bonds. The molecule has 21 heavy (non-hydrogen) atoms. The molecule has 0 aromatic carbocycles. The van der Waals surface area contributed by atoms with Crippen LogP contribution in [-0.4, -0.2) is 13.2 Å². The van der Waals surface area contributed by atoms with Crippen molar-refractivity contribution < 1.29 is 9.47 Å². The van der Waals surface area contributed by atoms with Crippen LogP contribution in [0.1, 0.15) is 55.6 Å². The van der Waals surface area contributed by atoms with Crippen LogP contribution in [-0.2, 0) is 15.9 Å². The maximum atomic E-state index is 5.94. The molecule has 0 radical (unpaired) electrons. The van der Waals surface area contributed by atoms with E-state index >= 15 is 0 Å². The molecular formula is C17H24O2S2. The van der Waals surface area contributed by atoms with E-state index in [1.165, 1.54) is 51.3 Å². The van der Waals surface area contributed by atoms with Crippen molar-refractivity contribution in [1.29, 1.82) is 0 Å². The highest BCUT2D eigenvalue weighted by molar-refractivity contribution is 7.38. The molecule has 2 aromatic rings. The summed E-state index contributed by atoms with van der Waals surface area (Å²) in [5.41, 5.74) is 0. The Morgan fingerprint density at radius 3 is 2.57 bits per heavy atom. The minimum atomic E-state index is -0.137. The minimum Gasteiger partial charge on any atom is -0.347 e. The smallest absolute Gasteiger partial charge is 0.193 e. The van der Waals surface area contributed by atoms with Crippen molar-refractivity contribution >= 4 is 32.1 Å². The Hall–Kier alpha value is -0.420. The van der Waals surface area contributed by atoms with Gasteiger partial charge >= 0.3 is 0 Å². The molecule has 1 aliphatic heterocycles. The van der Waals surface area contributed by atoms with Crippen LogP contribution in [0.5, 0.6) is 0 Å². The summed E-state index contributed by atoms with van der Waals surface area (Å²) in [6.07, 6.45) is 6.02. The molecule has 2 nitrogen and oxygen atoms in total. The highest BCUT2D eigenvalue weighted by Crippen LogP contribution is 2.39. The van der Waals surface area contributed by atoms with Crippen LogP contribution in [0.15, 0.2) is 12.1 Å². The topological polar surface area (TPSA) is 18.5 Å². The summed E-state index contributed by atoms with van der Waals surface area (Å²) in [5.74, 6) is 0.582. The quantitative estimate of drug-likeness (QED) is 0.672. The molecule has 3 rings (SSSR count). The van der Waals surface area contributed by atoms with Gasteiger partial charge in [0.2, 0.25) is 0 Å². The lowest BCUT2D eigenvalue weighted by Crippen LogP contribution is -2.26. The molecule has 0 N–H and O–H groups in total. The number of aryl methyl sites for hydroxylation is 1. The van der Waals surface area contributed by atoms with E-state index in [1.54, 1.807) is 0 Å². The van der Waals surface area contributed by atoms with Crippen LogP contribution in [0, 0.1) is 5.92 Å². The first kappa shape index (κ1) is 15.5. The molecule has 1 aliphatic rings. The van der Waals surface area contributed by atoms with Gasteiger partial charge in [-0.2, -0.15) is 0 Å². The van der Waals surface area contributed by atoms with Gasteiger partial charge in [-0.1, -0.05) is 33.1 Å². The second-order valence-electron chi connectivity index (χ2n) is 5.86. The molecular weight excluding hydrogens is 300 g/mol. The van der Waals surface area contributed by atoms with Crippen molar-refractivity contribution in [2.75, 3.05) is 13.2 Å². The largest absolute Gasteiger partial charge is 0.347 e. The Morgan fingerprint density at radius 2 is 1.90 bits per heavy atom. The number of ether oxygens (including phenoxy) is 2. The number of unbranched alkanes of at least 4 members (excludes halogenated alkanes) is 1. The van der Waals surface area contributed by atoms with E-state index in [2.05, 4.69) is 26.0 Å². The molecule has 4 heteroatoms. The monoisotopic (exact) mass is 324 g/mol. The van der Waals surface area contributed by atoms with Crippen molar-refractivity contribution in [2.45, 2.75) is 52.2 Å². The van der Waals surface area contributed by atoms with Gasteiger partial charge in [-0.25, -0.2) is 0 Å². The Labute approximate surface area is 135 Å². The second-order valence-corrected chi connectivity index (χ2v) is 8.34. The normalized spacial score (nSPS) is 23.0. The fourth-order valence-electron chi connectivity index (χ4n) is 2.76. The van der Waals surface area contributed by atoms with E-state index in [0.29, 0.717) is 5.92 Å². The van der Waals surface area contributed by atoms with Crippen molar-refractivity contribution in [2.24, 2.45) is 5.92 Å². The van der Waals surface area contributed by atoms with Gasteiger partial charge in [-0.3, -0.25) is 0 Å². The summed E-state index contributed by atoms with van der Waals surface area (Å²) in [6, 6.07) is 4.59. The highest BCUT2D eigenvalue weighted by atomic mass is 32.2. The first-order valence-corrected chi connectivity index (χ1v) is 9.68. The maximum absolute atomic E-state index is 5.94.